The fourth-order valence-electron chi connectivity index (χ4n) is 3.61. The number of benzene rings is 1. The third-order valence-corrected chi connectivity index (χ3v) is 4.71. The molecule has 1 fully saturated rings. The SMILES string of the molecule is CCOC(=O)c1cc(-c2ccc(F)cc2F)c2c(n1)[C@H]1CC[C@@H](C2)O1. The van der Waals surface area contributed by atoms with E-state index in [-0.39, 0.29) is 30.1 Å². The van der Waals surface area contributed by atoms with Gasteiger partial charge in [-0.2, -0.15) is 0 Å². The molecule has 1 aromatic heterocycles. The van der Waals surface area contributed by atoms with E-state index >= 15 is 0 Å². The van der Waals surface area contributed by atoms with Crippen molar-refractivity contribution < 1.29 is 23.0 Å². The lowest BCUT2D eigenvalue weighted by molar-refractivity contribution is 0.0291. The fourth-order valence-corrected chi connectivity index (χ4v) is 3.61. The first kappa shape index (κ1) is 16.1. The Morgan fingerprint density at radius 1 is 1.28 bits per heavy atom. The predicted molar refractivity (Wildman–Crippen MR) is 86.1 cm³/mol. The molecule has 130 valence electrons. The summed E-state index contributed by atoms with van der Waals surface area (Å²) in [7, 11) is 0. The molecule has 6 heteroatoms. The molecule has 25 heavy (non-hydrogen) atoms. The highest BCUT2D eigenvalue weighted by Gasteiger charge is 2.37. The lowest BCUT2D eigenvalue weighted by atomic mass is 9.92. The van der Waals surface area contributed by atoms with Crippen LogP contribution in [0.4, 0.5) is 8.78 Å². The average Bonchev–Trinajstić information content (AvgIpc) is 2.97. The second-order valence-electron chi connectivity index (χ2n) is 6.29. The number of halogens is 2. The van der Waals surface area contributed by atoms with Gasteiger partial charge in [-0.25, -0.2) is 18.6 Å². The first-order valence-electron chi connectivity index (χ1n) is 8.38. The van der Waals surface area contributed by atoms with Crippen LogP contribution in [0.2, 0.25) is 0 Å². The van der Waals surface area contributed by atoms with Gasteiger partial charge in [-0.1, -0.05) is 0 Å². The summed E-state index contributed by atoms with van der Waals surface area (Å²) < 4.78 is 38.6. The van der Waals surface area contributed by atoms with Gasteiger partial charge in [-0.15, -0.1) is 0 Å². The van der Waals surface area contributed by atoms with Gasteiger partial charge < -0.3 is 9.47 Å². The van der Waals surface area contributed by atoms with E-state index in [1.807, 2.05) is 0 Å². The van der Waals surface area contributed by atoms with Crippen molar-refractivity contribution in [2.45, 2.75) is 38.4 Å². The molecule has 0 N–H and O–H groups in total. The minimum absolute atomic E-state index is 0.0787. The molecule has 2 aliphatic heterocycles. The molecule has 0 saturated carbocycles. The van der Waals surface area contributed by atoms with Crippen LogP contribution in [0.3, 0.4) is 0 Å². The Balaban J connectivity index is 1.91. The number of esters is 1. The number of fused-ring (bicyclic) bond motifs is 4. The summed E-state index contributed by atoms with van der Waals surface area (Å²) in [6, 6.07) is 4.99. The Kier molecular flexibility index (Phi) is 4.00. The molecule has 0 spiro atoms. The smallest absolute Gasteiger partial charge is 0.356 e. The number of hydrogen-bond acceptors (Lipinski definition) is 4. The van der Waals surface area contributed by atoms with Crippen molar-refractivity contribution in [2.75, 3.05) is 6.61 Å². The quantitative estimate of drug-likeness (QED) is 0.790. The highest BCUT2D eigenvalue weighted by molar-refractivity contribution is 5.89. The number of carbonyl (C=O) groups is 1. The predicted octanol–water partition coefficient (Wildman–Crippen LogP) is 3.98. The van der Waals surface area contributed by atoms with E-state index in [0.29, 0.717) is 17.7 Å². The molecule has 1 saturated heterocycles. The summed E-state index contributed by atoms with van der Waals surface area (Å²) >= 11 is 0. The monoisotopic (exact) mass is 345 g/mol. The van der Waals surface area contributed by atoms with Gasteiger partial charge in [0.25, 0.3) is 0 Å². The van der Waals surface area contributed by atoms with E-state index in [2.05, 4.69) is 4.98 Å². The zero-order chi connectivity index (χ0) is 17.6. The topological polar surface area (TPSA) is 48.4 Å². The van der Waals surface area contributed by atoms with Crippen molar-refractivity contribution in [3.05, 3.63) is 52.9 Å². The molecule has 2 aromatic rings. The standard InChI is InChI=1S/C19H17F2NO3/c1-2-24-19(23)16-9-13(12-5-3-10(20)7-15(12)21)14-8-11-4-6-17(25-11)18(14)22-16/h3,5,7,9,11,17H,2,4,6,8H2,1H3/t11-,17+/m0/s1. The van der Waals surface area contributed by atoms with Gasteiger partial charge in [-0.3, -0.25) is 0 Å². The number of aromatic nitrogens is 1. The van der Waals surface area contributed by atoms with Crippen LogP contribution >= 0.6 is 0 Å². The molecule has 4 rings (SSSR count). The number of carbonyl (C=O) groups excluding carboxylic acids is 1. The zero-order valence-electron chi connectivity index (χ0n) is 13.7. The lowest BCUT2D eigenvalue weighted by Crippen LogP contribution is -2.22. The lowest BCUT2D eigenvalue weighted by Gasteiger charge is -2.26. The van der Waals surface area contributed by atoms with E-state index in [1.165, 1.54) is 18.2 Å². The fraction of sp³-hybridized carbons (Fsp3) is 0.368. The molecule has 0 radical (unpaired) electrons. The number of rotatable bonds is 3. The van der Waals surface area contributed by atoms with E-state index in [9.17, 15) is 13.6 Å². The van der Waals surface area contributed by atoms with E-state index in [1.54, 1.807) is 6.92 Å². The second kappa shape index (κ2) is 6.19. The number of nitrogens with zero attached hydrogens (tertiary/aromatic N) is 1. The average molecular weight is 345 g/mol. The van der Waals surface area contributed by atoms with Crippen LogP contribution in [0.5, 0.6) is 0 Å². The maximum atomic E-state index is 14.4. The maximum absolute atomic E-state index is 14.4. The van der Waals surface area contributed by atoms with E-state index in [0.717, 1.165) is 24.5 Å². The van der Waals surface area contributed by atoms with Gasteiger partial charge >= 0.3 is 5.97 Å². The van der Waals surface area contributed by atoms with Crippen molar-refractivity contribution in [1.29, 1.82) is 0 Å². The highest BCUT2D eigenvalue weighted by atomic mass is 19.1. The summed E-state index contributed by atoms with van der Waals surface area (Å²) in [4.78, 5) is 16.6. The number of hydrogen-bond donors (Lipinski definition) is 0. The van der Waals surface area contributed by atoms with Crippen LogP contribution in [0, 0.1) is 11.6 Å². The minimum Gasteiger partial charge on any atom is -0.461 e. The van der Waals surface area contributed by atoms with Crippen LogP contribution in [-0.2, 0) is 15.9 Å². The summed E-state index contributed by atoms with van der Waals surface area (Å²) in [5.41, 5.74) is 2.47. The van der Waals surface area contributed by atoms with Gasteiger partial charge in [0.05, 0.1) is 18.4 Å². The maximum Gasteiger partial charge on any atom is 0.356 e. The van der Waals surface area contributed by atoms with Crippen molar-refractivity contribution in [3.8, 4) is 11.1 Å². The number of ether oxygens (including phenoxy) is 2. The molecule has 1 aromatic carbocycles. The Bertz CT molecular complexity index is 853. The van der Waals surface area contributed by atoms with Gasteiger partial charge in [0, 0.05) is 18.1 Å². The van der Waals surface area contributed by atoms with Crippen LogP contribution in [0.15, 0.2) is 24.3 Å². The van der Waals surface area contributed by atoms with E-state index in [4.69, 9.17) is 9.47 Å². The van der Waals surface area contributed by atoms with Crippen molar-refractivity contribution in [2.24, 2.45) is 0 Å². The van der Waals surface area contributed by atoms with Crippen molar-refractivity contribution in [1.82, 2.24) is 4.98 Å². The first-order valence-corrected chi connectivity index (χ1v) is 8.38. The third-order valence-electron chi connectivity index (χ3n) is 4.71. The van der Waals surface area contributed by atoms with Crippen LogP contribution < -0.4 is 0 Å². The third kappa shape index (κ3) is 2.80. The second-order valence-corrected chi connectivity index (χ2v) is 6.29. The van der Waals surface area contributed by atoms with E-state index < -0.39 is 17.6 Å². The Morgan fingerprint density at radius 2 is 2.12 bits per heavy atom. The minimum atomic E-state index is -0.665. The first-order chi connectivity index (χ1) is 12.1. The van der Waals surface area contributed by atoms with Crippen LogP contribution in [0.25, 0.3) is 11.1 Å². The Hall–Kier alpha value is -2.34. The van der Waals surface area contributed by atoms with Gasteiger partial charge in [-0.05, 0) is 49.1 Å². The van der Waals surface area contributed by atoms with Gasteiger partial charge in [0.1, 0.15) is 23.4 Å². The van der Waals surface area contributed by atoms with Crippen molar-refractivity contribution in [3.63, 3.8) is 0 Å². The molecule has 2 bridgehead atoms. The largest absolute Gasteiger partial charge is 0.461 e. The normalized spacial score (nSPS) is 21.1. The molecule has 2 atom stereocenters. The van der Waals surface area contributed by atoms with Gasteiger partial charge in [0.15, 0.2) is 0 Å². The van der Waals surface area contributed by atoms with Crippen LogP contribution in [0.1, 0.15) is 47.6 Å². The molecular formula is C19H17F2NO3. The van der Waals surface area contributed by atoms with Gasteiger partial charge in [0.2, 0.25) is 0 Å². The summed E-state index contributed by atoms with van der Waals surface area (Å²) in [5.74, 6) is -1.87. The molecule has 0 aliphatic carbocycles. The highest BCUT2D eigenvalue weighted by Crippen LogP contribution is 2.44. The van der Waals surface area contributed by atoms with Crippen molar-refractivity contribution >= 4 is 5.97 Å². The summed E-state index contributed by atoms with van der Waals surface area (Å²) in [6.45, 7) is 1.93. The molecule has 4 nitrogen and oxygen atoms in total. The molecule has 2 aliphatic rings. The zero-order valence-corrected chi connectivity index (χ0v) is 13.7. The molecule has 0 unspecified atom stereocenters. The Morgan fingerprint density at radius 3 is 2.88 bits per heavy atom. The molecular weight excluding hydrogens is 328 g/mol. The summed E-state index contributed by atoms with van der Waals surface area (Å²) in [5, 5.41) is 0. The Labute approximate surface area is 143 Å². The van der Waals surface area contributed by atoms with Crippen LogP contribution in [-0.4, -0.2) is 23.7 Å². The summed E-state index contributed by atoms with van der Waals surface area (Å²) in [6.07, 6.45) is 2.22. The number of pyridine rings is 1. The molecule has 0 amide bonds. The molecule has 3 heterocycles.